The summed E-state index contributed by atoms with van der Waals surface area (Å²) in [7, 11) is 0. The molecule has 3 aliphatic heterocycles. The van der Waals surface area contributed by atoms with Crippen molar-refractivity contribution in [3.63, 3.8) is 0 Å². The van der Waals surface area contributed by atoms with Crippen LogP contribution in [0.15, 0.2) is 40.3 Å². The molecule has 7 nitrogen and oxygen atoms in total. The van der Waals surface area contributed by atoms with Gasteiger partial charge in [0.25, 0.3) is 5.56 Å². The second-order valence-electron chi connectivity index (χ2n) is 8.72. The summed E-state index contributed by atoms with van der Waals surface area (Å²) in [6.45, 7) is 4.44. The molecule has 1 saturated heterocycles. The zero-order chi connectivity index (χ0) is 21.7. The maximum Gasteiger partial charge on any atom is 0.251 e. The second-order valence-corrected chi connectivity index (χ2v) is 10.1. The molecular formula is C23H24ClN5O2S. The van der Waals surface area contributed by atoms with Gasteiger partial charge in [-0.3, -0.25) is 14.8 Å². The topological polar surface area (TPSA) is 72.3 Å². The predicted molar refractivity (Wildman–Crippen MR) is 126 cm³/mol. The van der Waals surface area contributed by atoms with Crippen LogP contribution in [0.4, 0.5) is 0 Å². The first kappa shape index (κ1) is 20.5. The molecule has 1 unspecified atom stereocenters. The number of fused-ring (bicyclic) bond motifs is 1. The van der Waals surface area contributed by atoms with E-state index in [2.05, 4.69) is 26.3 Å². The Hall–Kier alpha value is -2.13. The molecule has 0 saturated carbocycles. The molecule has 1 N–H and O–H groups in total. The Morgan fingerprint density at radius 2 is 2.09 bits per heavy atom. The summed E-state index contributed by atoms with van der Waals surface area (Å²) in [5.41, 5.74) is 3.93. The molecule has 6 heterocycles. The lowest BCUT2D eigenvalue weighted by atomic mass is 9.98. The average molecular weight is 470 g/mol. The number of thioether (sulfide) groups is 1. The van der Waals surface area contributed by atoms with Crippen LogP contribution in [0, 0.1) is 0 Å². The summed E-state index contributed by atoms with van der Waals surface area (Å²) in [6.07, 6.45) is 5.76. The lowest BCUT2D eigenvalue weighted by molar-refractivity contribution is 0.184. The van der Waals surface area contributed by atoms with Gasteiger partial charge in [-0.15, -0.1) is 0 Å². The van der Waals surface area contributed by atoms with Crippen LogP contribution in [-0.2, 0) is 13.1 Å². The number of piperidine rings is 1. The minimum absolute atomic E-state index is 0.0263. The van der Waals surface area contributed by atoms with Crippen LogP contribution in [0.3, 0.4) is 0 Å². The maximum atomic E-state index is 12.4. The van der Waals surface area contributed by atoms with Crippen LogP contribution in [0.5, 0.6) is 5.75 Å². The Morgan fingerprint density at radius 1 is 1.22 bits per heavy atom. The van der Waals surface area contributed by atoms with Crippen molar-refractivity contribution >= 4 is 34.4 Å². The Balaban J connectivity index is 1.07. The number of rotatable bonds is 5. The first-order valence-electron chi connectivity index (χ1n) is 11.0. The highest BCUT2D eigenvalue weighted by molar-refractivity contribution is 7.99. The highest BCUT2D eigenvalue weighted by Crippen LogP contribution is 2.38. The normalized spacial score (nSPS) is 20.6. The van der Waals surface area contributed by atoms with Gasteiger partial charge in [-0.25, -0.2) is 0 Å². The van der Waals surface area contributed by atoms with Crippen LogP contribution < -0.4 is 15.6 Å². The summed E-state index contributed by atoms with van der Waals surface area (Å²) in [5, 5.41) is 4.34. The van der Waals surface area contributed by atoms with E-state index < -0.39 is 0 Å². The maximum absolute atomic E-state index is 12.4. The molecule has 0 radical (unpaired) electrons. The van der Waals surface area contributed by atoms with Crippen LogP contribution in [0.2, 0.25) is 5.02 Å². The summed E-state index contributed by atoms with van der Waals surface area (Å²) in [4.78, 5) is 25.0. The van der Waals surface area contributed by atoms with Crippen molar-refractivity contribution in [3.8, 4) is 5.75 Å². The SMILES string of the molecule is O=c1ccc2ncc(Cl)c3c2n1CC3CN1CCC(NCc2cc3c(cn2)OCS3)CC1. The number of likely N-dealkylation sites (tertiary alicyclic amines) is 1. The first-order chi connectivity index (χ1) is 15.7. The molecule has 0 bridgehead atoms. The Kier molecular flexibility index (Phi) is 5.33. The fourth-order valence-corrected chi connectivity index (χ4v) is 6.19. The highest BCUT2D eigenvalue weighted by Gasteiger charge is 2.31. The second kappa shape index (κ2) is 8.33. The third kappa shape index (κ3) is 3.69. The van der Waals surface area contributed by atoms with Crippen molar-refractivity contribution < 1.29 is 4.74 Å². The number of nitrogens with one attached hydrogen (secondary N) is 1. The fourth-order valence-electron chi connectivity index (χ4n) is 5.11. The molecule has 1 fully saturated rings. The Bertz CT molecular complexity index is 1240. The molecule has 3 aliphatic rings. The van der Waals surface area contributed by atoms with Gasteiger partial charge in [0, 0.05) is 49.4 Å². The van der Waals surface area contributed by atoms with Gasteiger partial charge in [-0.2, -0.15) is 0 Å². The molecular weight excluding hydrogens is 446 g/mol. The number of aromatic nitrogens is 3. The number of halogens is 1. The monoisotopic (exact) mass is 469 g/mol. The van der Waals surface area contributed by atoms with Gasteiger partial charge in [-0.1, -0.05) is 23.4 Å². The molecule has 3 aromatic rings. The van der Waals surface area contributed by atoms with Gasteiger partial charge >= 0.3 is 0 Å². The summed E-state index contributed by atoms with van der Waals surface area (Å²) in [6, 6.07) is 6.03. The zero-order valence-corrected chi connectivity index (χ0v) is 19.2. The lowest BCUT2D eigenvalue weighted by Crippen LogP contribution is -2.43. The molecule has 6 rings (SSSR count). The van der Waals surface area contributed by atoms with Gasteiger partial charge in [0.15, 0.2) is 5.75 Å². The van der Waals surface area contributed by atoms with Crippen molar-refractivity contribution in [2.45, 2.75) is 42.8 Å². The van der Waals surface area contributed by atoms with Crippen molar-refractivity contribution in [2.75, 3.05) is 25.6 Å². The minimum Gasteiger partial charge on any atom is -0.480 e. The van der Waals surface area contributed by atoms with Crippen LogP contribution in [0.25, 0.3) is 11.0 Å². The third-order valence-corrected chi connectivity index (χ3v) is 7.92. The van der Waals surface area contributed by atoms with E-state index in [1.54, 1.807) is 30.1 Å². The smallest absolute Gasteiger partial charge is 0.251 e. The van der Waals surface area contributed by atoms with E-state index in [0.29, 0.717) is 23.5 Å². The molecule has 0 amide bonds. The fraction of sp³-hybridized carbons (Fsp3) is 0.435. The first-order valence-corrected chi connectivity index (χ1v) is 12.4. The summed E-state index contributed by atoms with van der Waals surface area (Å²) in [5.74, 6) is 1.81. The highest BCUT2D eigenvalue weighted by atomic mass is 35.5. The van der Waals surface area contributed by atoms with Crippen molar-refractivity contribution in [2.24, 2.45) is 0 Å². The zero-order valence-electron chi connectivity index (χ0n) is 17.6. The Morgan fingerprint density at radius 3 is 2.97 bits per heavy atom. The van der Waals surface area contributed by atoms with E-state index in [4.69, 9.17) is 16.3 Å². The molecule has 0 aromatic carbocycles. The van der Waals surface area contributed by atoms with Crippen molar-refractivity contribution in [1.29, 1.82) is 0 Å². The standard InChI is InChI=1S/C23H24ClN5O2S/c24-17-9-27-18-1-2-21(30)29-12-14(22(17)23(18)29)11-28-5-3-15(4-6-28)25-8-16-7-20-19(10-26-16)31-13-32-20/h1-2,7,9-10,14-15,25H,3-6,8,11-13H2. The van der Waals surface area contributed by atoms with E-state index in [0.717, 1.165) is 67.1 Å². The quantitative estimate of drug-likeness (QED) is 0.615. The number of hydrogen-bond donors (Lipinski definition) is 1. The molecule has 3 aromatic heterocycles. The van der Waals surface area contributed by atoms with Gasteiger partial charge in [-0.05, 0) is 38.1 Å². The van der Waals surface area contributed by atoms with Crippen LogP contribution in [0.1, 0.15) is 30.0 Å². The Labute approximate surface area is 195 Å². The van der Waals surface area contributed by atoms with Crippen LogP contribution >= 0.6 is 23.4 Å². The molecule has 166 valence electrons. The number of nitrogens with zero attached hydrogens (tertiary/aromatic N) is 4. The minimum atomic E-state index is 0.0263. The largest absolute Gasteiger partial charge is 0.480 e. The van der Waals surface area contributed by atoms with E-state index in [-0.39, 0.29) is 11.5 Å². The molecule has 0 spiro atoms. The van der Waals surface area contributed by atoms with Crippen molar-refractivity contribution in [1.82, 2.24) is 24.8 Å². The number of hydrogen-bond acceptors (Lipinski definition) is 7. The summed E-state index contributed by atoms with van der Waals surface area (Å²) < 4.78 is 7.35. The predicted octanol–water partition coefficient (Wildman–Crippen LogP) is 3.24. The summed E-state index contributed by atoms with van der Waals surface area (Å²) >= 11 is 8.26. The van der Waals surface area contributed by atoms with E-state index in [1.165, 1.54) is 4.90 Å². The van der Waals surface area contributed by atoms with E-state index in [1.807, 2.05) is 10.8 Å². The van der Waals surface area contributed by atoms with Gasteiger partial charge in [0.2, 0.25) is 0 Å². The van der Waals surface area contributed by atoms with Gasteiger partial charge in [0.1, 0.15) is 5.94 Å². The van der Waals surface area contributed by atoms with Gasteiger partial charge in [0.05, 0.1) is 32.8 Å². The lowest BCUT2D eigenvalue weighted by Gasteiger charge is -2.34. The molecule has 0 aliphatic carbocycles. The van der Waals surface area contributed by atoms with Gasteiger partial charge < -0.3 is 19.5 Å². The van der Waals surface area contributed by atoms with Crippen LogP contribution in [-0.4, -0.2) is 51.0 Å². The molecule has 1 atom stereocenters. The number of ether oxygens (including phenoxy) is 1. The third-order valence-electron chi connectivity index (χ3n) is 6.76. The van der Waals surface area contributed by atoms with Crippen molar-refractivity contribution in [3.05, 3.63) is 57.2 Å². The van der Waals surface area contributed by atoms with E-state index >= 15 is 0 Å². The van der Waals surface area contributed by atoms with E-state index in [9.17, 15) is 4.79 Å². The molecule has 9 heteroatoms. The average Bonchev–Trinajstić information content (AvgIpc) is 3.43. The number of pyridine rings is 3. The molecule has 32 heavy (non-hydrogen) atoms.